The molecular weight excluding hydrogens is 311 g/mol. The zero-order valence-corrected chi connectivity index (χ0v) is 12.4. The molecule has 3 aromatic rings. The molecule has 1 aromatic heterocycles. The highest BCUT2D eigenvalue weighted by Gasteiger charge is 2.15. The van der Waals surface area contributed by atoms with Gasteiger partial charge in [-0.3, -0.25) is 9.59 Å². The lowest BCUT2D eigenvalue weighted by molar-refractivity contribution is 0.100. The van der Waals surface area contributed by atoms with E-state index in [4.69, 9.17) is 5.73 Å². The Bertz CT molecular complexity index is 920. The monoisotopic (exact) mass is 324 g/mol. The lowest BCUT2D eigenvalue weighted by Gasteiger charge is -2.07. The summed E-state index contributed by atoms with van der Waals surface area (Å²) in [6, 6.07) is 13.9. The Morgan fingerprint density at radius 1 is 1.04 bits per heavy atom. The summed E-state index contributed by atoms with van der Waals surface area (Å²) in [5.41, 5.74) is 6.07. The molecule has 0 radical (unpaired) electrons. The molecule has 0 aliphatic carbocycles. The van der Waals surface area contributed by atoms with Crippen molar-refractivity contribution < 1.29 is 14.0 Å². The van der Waals surface area contributed by atoms with Gasteiger partial charge in [-0.2, -0.15) is 5.10 Å². The average molecular weight is 324 g/mol. The van der Waals surface area contributed by atoms with Gasteiger partial charge < -0.3 is 11.1 Å². The third kappa shape index (κ3) is 3.00. The second-order valence-corrected chi connectivity index (χ2v) is 4.96. The quantitative estimate of drug-likeness (QED) is 0.772. The van der Waals surface area contributed by atoms with Gasteiger partial charge in [-0.15, -0.1) is 0 Å². The molecule has 0 aliphatic heterocycles. The maximum atomic E-state index is 13.8. The van der Waals surface area contributed by atoms with Crippen LogP contribution >= 0.6 is 0 Å². The van der Waals surface area contributed by atoms with Crippen LogP contribution < -0.4 is 11.1 Å². The van der Waals surface area contributed by atoms with Gasteiger partial charge in [0.25, 0.3) is 11.8 Å². The van der Waals surface area contributed by atoms with Crippen molar-refractivity contribution in [2.45, 2.75) is 0 Å². The van der Waals surface area contributed by atoms with Gasteiger partial charge in [0.05, 0.1) is 11.3 Å². The van der Waals surface area contributed by atoms with Crippen molar-refractivity contribution in [1.82, 2.24) is 9.78 Å². The van der Waals surface area contributed by atoms with Crippen LogP contribution in [0.25, 0.3) is 5.69 Å². The van der Waals surface area contributed by atoms with Crippen molar-refractivity contribution in [1.29, 1.82) is 0 Å². The molecule has 0 fully saturated rings. The van der Waals surface area contributed by atoms with Crippen molar-refractivity contribution in [2.75, 3.05) is 5.32 Å². The normalized spacial score (nSPS) is 10.4. The van der Waals surface area contributed by atoms with Crippen LogP contribution in [-0.4, -0.2) is 21.6 Å². The zero-order chi connectivity index (χ0) is 17.1. The summed E-state index contributed by atoms with van der Waals surface area (Å²) in [6.07, 6.45) is 1.48. The molecule has 3 rings (SSSR count). The van der Waals surface area contributed by atoms with Gasteiger partial charge in [0.15, 0.2) is 5.69 Å². The summed E-state index contributed by atoms with van der Waals surface area (Å²) in [5, 5.41) is 6.64. The van der Waals surface area contributed by atoms with Gasteiger partial charge >= 0.3 is 0 Å². The number of para-hydroxylation sites is 2. The summed E-state index contributed by atoms with van der Waals surface area (Å²) < 4.78 is 15.0. The molecular formula is C17H13FN4O2. The maximum absolute atomic E-state index is 13.8. The van der Waals surface area contributed by atoms with Gasteiger partial charge in [0.2, 0.25) is 0 Å². The molecule has 6 nitrogen and oxygen atoms in total. The van der Waals surface area contributed by atoms with Crippen LogP contribution in [0.5, 0.6) is 0 Å². The van der Waals surface area contributed by atoms with Crippen molar-refractivity contribution in [3.05, 3.63) is 77.9 Å². The number of carbonyl (C=O) groups is 2. The molecule has 7 heteroatoms. The minimum absolute atomic E-state index is 0.0810. The fraction of sp³-hybridized carbons (Fsp3) is 0. The highest BCUT2D eigenvalue weighted by Crippen LogP contribution is 2.16. The molecule has 2 amide bonds. The molecule has 0 spiro atoms. The Morgan fingerprint density at radius 2 is 1.75 bits per heavy atom. The Balaban J connectivity index is 1.85. The number of hydrogen-bond donors (Lipinski definition) is 2. The molecule has 0 saturated carbocycles. The summed E-state index contributed by atoms with van der Waals surface area (Å²) in [7, 11) is 0. The molecule has 0 saturated heterocycles. The van der Waals surface area contributed by atoms with Crippen molar-refractivity contribution in [2.24, 2.45) is 5.73 Å². The number of nitrogens with one attached hydrogen (secondary N) is 1. The van der Waals surface area contributed by atoms with Crippen molar-refractivity contribution >= 4 is 17.5 Å². The number of aromatic nitrogens is 2. The van der Waals surface area contributed by atoms with Crippen LogP contribution in [0, 0.1) is 5.82 Å². The van der Waals surface area contributed by atoms with Crippen LogP contribution in [-0.2, 0) is 0 Å². The van der Waals surface area contributed by atoms with E-state index in [1.807, 2.05) is 0 Å². The van der Waals surface area contributed by atoms with E-state index < -0.39 is 17.6 Å². The number of primary amides is 1. The Labute approximate surface area is 136 Å². The minimum Gasteiger partial charge on any atom is -0.366 e. The highest BCUT2D eigenvalue weighted by atomic mass is 19.1. The number of benzene rings is 2. The lowest BCUT2D eigenvalue weighted by Crippen LogP contribution is -2.18. The van der Waals surface area contributed by atoms with Gasteiger partial charge in [-0.05, 0) is 30.3 Å². The highest BCUT2D eigenvalue weighted by molar-refractivity contribution is 6.07. The number of nitrogens with two attached hydrogens (primary N) is 1. The average Bonchev–Trinajstić information content (AvgIpc) is 3.05. The van der Waals surface area contributed by atoms with E-state index in [9.17, 15) is 14.0 Å². The first-order valence-corrected chi connectivity index (χ1v) is 7.07. The molecule has 2 aromatic carbocycles. The van der Waals surface area contributed by atoms with Crippen LogP contribution in [0.4, 0.5) is 10.1 Å². The first-order valence-electron chi connectivity index (χ1n) is 7.07. The number of nitrogens with zero attached hydrogens (tertiary/aromatic N) is 2. The smallest absolute Gasteiger partial charge is 0.276 e. The zero-order valence-electron chi connectivity index (χ0n) is 12.4. The van der Waals surface area contributed by atoms with Crippen molar-refractivity contribution in [3.63, 3.8) is 0 Å². The van der Waals surface area contributed by atoms with E-state index in [0.29, 0.717) is 0 Å². The van der Waals surface area contributed by atoms with E-state index in [1.165, 1.54) is 29.1 Å². The van der Waals surface area contributed by atoms with Crippen LogP contribution in [0.3, 0.4) is 0 Å². The molecule has 0 atom stereocenters. The van der Waals surface area contributed by atoms with Crippen molar-refractivity contribution in [3.8, 4) is 5.69 Å². The second-order valence-electron chi connectivity index (χ2n) is 4.96. The largest absolute Gasteiger partial charge is 0.366 e. The number of amides is 2. The standard InChI is InChI=1S/C17H13FN4O2/c18-12-6-2-4-8-15(12)22-10-9-14(21-22)17(24)20-13-7-3-1-5-11(13)16(19)23/h1-10H,(H2,19,23)(H,20,24). The van der Waals surface area contributed by atoms with Crippen LogP contribution in [0.1, 0.15) is 20.8 Å². The lowest BCUT2D eigenvalue weighted by atomic mass is 10.1. The predicted molar refractivity (Wildman–Crippen MR) is 86.4 cm³/mol. The molecule has 3 N–H and O–H groups in total. The van der Waals surface area contributed by atoms with E-state index in [1.54, 1.807) is 36.4 Å². The van der Waals surface area contributed by atoms with Gasteiger partial charge in [0, 0.05) is 6.20 Å². The predicted octanol–water partition coefficient (Wildman–Crippen LogP) is 2.36. The van der Waals surface area contributed by atoms with E-state index in [0.717, 1.165) is 0 Å². The number of halogens is 1. The number of rotatable bonds is 4. The number of anilines is 1. The maximum Gasteiger partial charge on any atom is 0.276 e. The van der Waals surface area contributed by atoms with Gasteiger partial charge in [-0.1, -0.05) is 24.3 Å². The van der Waals surface area contributed by atoms with Gasteiger partial charge in [0.1, 0.15) is 11.5 Å². The van der Waals surface area contributed by atoms with E-state index >= 15 is 0 Å². The number of hydrogen-bond acceptors (Lipinski definition) is 3. The summed E-state index contributed by atoms with van der Waals surface area (Å²) in [5.74, 6) is -1.63. The number of carbonyl (C=O) groups excluding carboxylic acids is 2. The molecule has 120 valence electrons. The first-order chi connectivity index (χ1) is 11.6. The fourth-order valence-corrected chi connectivity index (χ4v) is 2.21. The SMILES string of the molecule is NC(=O)c1ccccc1NC(=O)c1ccn(-c2ccccc2F)n1. The minimum atomic E-state index is -0.650. The second kappa shape index (κ2) is 6.33. The van der Waals surface area contributed by atoms with E-state index in [2.05, 4.69) is 10.4 Å². The first kappa shape index (κ1) is 15.4. The summed E-state index contributed by atoms with van der Waals surface area (Å²) in [6.45, 7) is 0. The van der Waals surface area contributed by atoms with Gasteiger partial charge in [-0.25, -0.2) is 9.07 Å². The fourth-order valence-electron chi connectivity index (χ4n) is 2.21. The molecule has 24 heavy (non-hydrogen) atoms. The summed E-state index contributed by atoms with van der Waals surface area (Å²) in [4.78, 5) is 23.7. The van der Waals surface area contributed by atoms with Crippen LogP contribution in [0.15, 0.2) is 60.8 Å². The Hall–Kier alpha value is -3.48. The third-order valence-corrected chi connectivity index (χ3v) is 3.36. The Kier molecular flexibility index (Phi) is 4.07. The molecule has 0 aliphatic rings. The topological polar surface area (TPSA) is 90.0 Å². The molecule has 0 bridgehead atoms. The third-order valence-electron chi connectivity index (χ3n) is 3.36. The molecule has 1 heterocycles. The van der Waals surface area contributed by atoms with E-state index in [-0.39, 0.29) is 22.6 Å². The van der Waals surface area contributed by atoms with Crippen LogP contribution in [0.2, 0.25) is 0 Å². The molecule has 0 unspecified atom stereocenters. The summed E-state index contributed by atoms with van der Waals surface area (Å²) >= 11 is 0. The Morgan fingerprint density at radius 3 is 2.50 bits per heavy atom.